The Kier molecular flexibility index (Phi) is 4.68. The zero-order valence-electron chi connectivity index (χ0n) is 13.4. The first kappa shape index (κ1) is 16.0. The number of rotatable bonds is 4. The number of carbonyl (C=O) groups excluding carboxylic acids is 1. The average molecular weight is 333 g/mol. The second kappa shape index (κ2) is 6.72. The van der Waals surface area contributed by atoms with Crippen LogP contribution in [0, 0.1) is 0 Å². The Morgan fingerprint density at radius 2 is 2.22 bits per heavy atom. The van der Waals surface area contributed by atoms with Crippen molar-refractivity contribution in [2.75, 3.05) is 27.2 Å². The quantitative estimate of drug-likeness (QED) is 0.936. The summed E-state index contributed by atoms with van der Waals surface area (Å²) in [5.74, 6) is 0.303. The van der Waals surface area contributed by atoms with Crippen molar-refractivity contribution >= 4 is 17.5 Å². The maximum atomic E-state index is 12.2. The van der Waals surface area contributed by atoms with E-state index in [2.05, 4.69) is 21.2 Å². The van der Waals surface area contributed by atoms with Crippen molar-refractivity contribution in [2.45, 2.75) is 18.9 Å². The molecule has 0 saturated carbocycles. The molecule has 6 heteroatoms. The van der Waals surface area contributed by atoms with Gasteiger partial charge in [-0.1, -0.05) is 29.8 Å². The first-order valence-electron chi connectivity index (χ1n) is 7.77. The summed E-state index contributed by atoms with van der Waals surface area (Å²) in [6, 6.07) is 7.94. The third-order valence-electron chi connectivity index (χ3n) is 4.34. The molecule has 0 bridgehead atoms. The molecular weight excluding hydrogens is 312 g/mol. The molecule has 122 valence electrons. The Balaban J connectivity index is 1.70. The van der Waals surface area contributed by atoms with Crippen LogP contribution in [-0.4, -0.2) is 53.1 Å². The molecule has 1 fully saturated rings. The fourth-order valence-corrected chi connectivity index (χ4v) is 3.29. The van der Waals surface area contributed by atoms with E-state index in [1.807, 2.05) is 18.2 Å². The molecule has 1 aliphatic heterocycles. The molecule has 2 heterocycles. The van der Waals surface area contributed by atoms with Crippen LogP contribution in [0.3, 0.4) is 0 Å². The van der Waals surface area contributed by atoms with Gasteiger partial charge in [-0.25, -0.2) is 0 Å². The molecule has 1 N–H and O–H groups in total. The van der Waals surface area contributed by atoms with E-state index in [0.29, 0.717) is 11.5 Å². The predicted octanol–water partition coefficient (Wildman–Crippen LogP) is 2.75. The zero-order chi connectivity index (χ0) is 16.4. The maximum absolute atomic E-state index is 12.2. The number of aromatic nitrogens is 2. The number of hydrogen-bond acceptors (Lipinski definition) is 3. The summed E-state index contributed by atoms with van der Waals surface area (Å²) >= 11 is 6.25. The summed E-state index contributed by atoms with van der Waals surface area (Å²) in [6.07, 6.45) is 2.65. The van der Waals surface area contributed by atoms with Gasteiger partial charge < -0.3 is 4.90 Å². The smallest absolute Gasteiger partial charge is 0.256 e. The van der Waals surface area contributed by atoms with Crippen LogP contribution in [0.15, 0.2) is 30.5 Å². The fourth-order valence-electron chi connectivity index (χ4n) is 3.10. The minimum absolute atomic E-state index is 0.00157. The molecule has 1 atom stereocenters. The van der Waals surface area contributed by atoms with Crippen LogP contribution in [0.25, 0.3) is 0 Å². The van der Waals surface area contributed by atoms with E-state index in [-0.39, 0.29) is 5.91 Å². The highest BCUT2D eigenvalue weighted by Gasteiger charge is 2.29. The molecule has 3 rings (SSSR count). The molecule has 1 saturated heterocycles. The molecule has 0 spiro atoms. The molecular formula is C17H21ClN4O. The number of carbonyl (C=O) groups is 1. The van der Waals surface area contributed by atoms with Crippen LogP contribution in [0.2, 0.25) is 5.02 Å². The summed E-state index contributed by atoms with van der Waals surface area (Å²) < 4.78 is 0. The van der Waals surface area contributed by atoms with Crippen LogP contribution in [0.5, 0.6) is 0 Å². The summed E-state index contributed by atoms with van der Waals surface area (Å²) in [5.41, 5.74) is 2.77. The van der Waals surface area contributed by atoms with E-state index in [4.69, 9.17) is 11.6 Å². The van der Waals surface area contributed by atoms with E-state index in [9.17, 15) is 4.79 Å². The van der Waals surface area contributed by atoms with Crippen molar-refractivity contribution in [1.82, 2.24) is 20.0 Å². The molecule has 1 aromatic heterocycles. The molecule has 0 aliphatic carbocycles. The standard InChI is InChI=1S/C17H21ClN4O/c1-21(2)17(23)14-9-19-20-16(14)13-7-8-22(11-13)10-12-5-3-4-6-15(12)18/h3-6,9,13H,7-8,10-11H2,1-2H3,(H,19,20)/t13-/m0/s1. The third kappa shape index (κ3) is 3.41. The summed E-state index contributed by atoms with van der Waals surface area (Å²) in [6.45, 7) is 2.73. The van der Waals surface area contributed by atoms with Gasteiger partial charge in [0.15, 0.2) is 0 Å². The lowest BCUT2D eigenvalue weighted by Gasteiger charge is -2.17. The molecule has 2 aromatic rings. The second-order valence-corrected chi connectivity index (χ2v) is 6.62. The first-order valence-corrected chi connectivity index (χ1v) is 8.14. The van der Waals surface area contributed by atoms with E-state index in [0.717, 1.165) is 42.3 Å². The van der Waals surface area contributed by atoms with Gasteiger partial charge in [0.1, 0.15) is 0 Å². The molecule has 0 radical (unpaired) electrons. The number of benzene rings is 1. The predicted molar refractivity (Wildman–Crippen MR) is 90.7 cm³/mol. The lowest BCUT2D eigenvalue weighted by Crippen LogP contribution is -2.24. The number of halogens is 1. The molecule has 0 unspecified atom stereocenters. The fraction of sp³-hybridized carbons (Fsp3) is 0.412. The van der Waals surface area contributed by atoms with Gasteiger partial charge in [-0.15, -0.1) is 0 Å². The Labute approximate surface area is 141 Å². The van der Waals surface area contributed by atoms with E-state index < -0.39 is 0 Å². The van der Waals surface area contributed by atoms with E-state index in [1.54, 1.807) is 25.2 Å². The van der Waals surface area contributed by atoms with Gasteiger partial charge in [0.2, 0.25) is 0 Å². The number of H-pyrrole nitrogens is 1. The SMILES string of the molecule is CN(C)C(=O)c1cn[nH]c1[C@H]1CCN(Cc2ccccc2Cl)C1. The Morgan fingerprint density at radius 1 is 1.43 bits per heavy atom. The number of likely N-dealkylation sites (tertiary alicyclic amines) is 1. The minimum Gasteiger partial charge on any atom is -0.345 e. The van der Waals surface area contributed by atoms with Crippen molar-refractivity contribution in [1.29, 1.82) is 0 Å². The lowest BCUT2D eigenvalue weighted by molar-refractivity contribution is 0.0826. The van der Waals surface area contributed by atoms with E-state index >= 15 is 0 Å². The molecule has 1 aliphatic rings. The van der Waals surface area contributed by atoms with Crippen molar-refractivity contribution in [3.63, 3.8) is 0 Å². The van der Waals surface area contributed by atoms with Gasteiger partial charge in [-0.05, 0) is 24.6 Å². The minimum atomic E-state index is -0.00157. The zero-order valence-corrected chi connectivity index (χ0v) is 14.2. The number of nitrogens with one attached hydrogen (secondary N) is 1. The lowest BCUT2D eigenvalue weighted by atomic mass is 10.0. The average Bonchev–Trinajstić information content (AvgIpc) is 3.17. The molecule has 1 aromatic carbocycles. The normalized spacial score (nSPS) is 18.3. The van der Waals surface area contributed by atoms with Crippen LogP contribution in [0.1, 0.15) is 34.0 Å². The molecule has 5 nitrogen and oxygen atoms in total. The van der Waals surface area contributed by atoms with Gasteiger partial charge in [0.05, 0.1) is 17.5 Å². The van der Waals surface area contributed by atoms with Gasteiger partial charge in [-0.2, -0.15) is 5.10 Å². The van der Waals surface area contributed by atoms with Crippen molar-refractivity contribution in [3.05, 3.63) is 52.3 Å². The van der Waals surface area contributed by atoms with Crippen LogP contribution in [-0.2, 0) is 6.54 Å². The van der Waals surface area contributed by atoms with Crippen LogP contribution < -0.4 is 0 Å². The number of hydrogen-bond donors (Lipinski definition) is 1. The topological polar surface area (TPSA) is 52.2 Å². The van der Waals surface area contributed by atoms with E-state index in [1.165, 1.54) is 0 Å². The summed E-state index contributed by atoms with van der Waals surface area (Å²) in [4.78, 5) is 16.2. The maximum Gasteiger partial charge on any atom is 0.256 e. The Hall–Kier alpha value is -1.85. The largest absolute Gasteiger partial charge is 0.345 e. The molecule has 23 heavy (non-hydrogen) atoms. The third-order valence-corrected chi connectivity index (χ3v) is 4.71. The first-order chi connectivity index (χ1) is 11.1. The van der Waals surface area contributed by atoms with Crippen molar-refractivity contribution < 1.29 is 4.79 Å². The monoisotopic (exact) mass is 332 g/mol. The summed E-state index contributed by atoms with van der Waals surface area (Å²) in [5, 5.41) is 7.92. The number of nitrogens with zero attached hydrogens (tertiary/aromatic N) is 3. The summed E-state index contributed by atoms with van der Waals surface area (Å²) in [7, 11) is 3.52. The Morgan fingerprint density at radius 3 is 2.96 bits per heavy atom. The second-order valence-electron chi connectivity index (χ2n) is 6.21. The van der Waals surface area contributed by atoms with Gasteiger partial charge in [0.25, 0.3) is 5.91 Å². The number of amides is 1. The molecule has 1 amide bonds. The Bertz CT molecular complexity index is 697. The van der Waals surface area contributed by atoms with Gasteiger partial charge in [-0.3, -0.25) is 14.8 Å². The highest BCUT2D eigenvalue weighted by molar-refractivity contribution is 6.31. The van der Waals surface area contributed by atoms with Gasteiger partial charge in [0, 0.05) is 38.1 Å². The van der Waals surface area contributed by atoms with Crippen LogP contribution in [0.4, 0.5) is 0 Å². The number of aromatic amines is 1. The van der Waals surface area contributed by atoms with Crippen LogP contribution >= 0.6 is 11.6 Å². The van der Waals surface area contributed by atoms with Gasteiger partial charge >= 0.3 is 0 Å². The van der Waals surface area contributed by atoms with Crippen molar-refractivity contribution in [2.24, 2.45) is 0 Å². The highest BCUT2D eigenvalue weighted by atomic mass is 35.5. The highest BCUT2D eigenvalue weighted by Crippen LogP contribution is 2.30. The van der Waals surface area contributed by atoms with Crippen molar-refractivity contribution in [3.8, 4) is 0 Å².